The molecule has 6 nitrogen and oxygen atoms in total. The summed E-state index contributed by atoms with van der Waals surface area (Å²) in [7, 11) is 0. The number of carbonyl (C=O) groups is 2. The zero-order valence-corrected chi connectivity index (χ0v) is 12.8. The van der Waals surface area contributed by atoms with Crippen LogP contribution in [0.3, 0.4) is 0 Å². The number of hydrogen-bond donors (Lipinski definition) is 1. The molecule has 0 aromatic heterocycles. The number of nitrogens with two attached hydrogens (primary N) is 1. The average Bonchev–Trinajstić information content (AvgIpc) is 2.38. The quantitative estimate of drug-likeness (QED) is 0.638. The molecular weight excluding hydrogens is 298 g/mol. The maximum absolute atomic E-state index is 11.6. The van der Waals surface area contributed by atoms with E-state index in [0.29, 0.717) is 6.42 Å². The second kappa shape index (κ2) is 10.0. The van der Waals surface area contributed by atoms with Gasteiger partial charge in [0, 0.05) is 0 Å². The number of rotatable bonds is 6. The first kappa shape index (κ1) is 19.2. The molecule has 2 N–H and O–H groups in total. The lowest BCUT2D eigenvalue weighted by atomic mass is 10.1. The largest absolute Gasteiger partial charge is 0.511 e. The van der Waals surface area contributed by atoms with Crippen LogP contribution in [-0.2, 0) is 25.4 Å². The van der Waals surface area contributed by atoms with E-state index in [0.717, 1.165) is 5.56 Å². The molecule has 0 amide bonds. The first-order chi connectivity index (χ1) is 9.49. The molecule has 0 unspecified atom stereocenters. The molecule has 1 aromatic rings. The fourth-order valence-electron chi connectivity index (χ4n) is 1.42. The van der Waals surface area contributed by atoms with Gasteiger partial charge in [-0.3, -0.25) is 4.79 Å². The van der Waals surface area contributed by atoms with Gasteiger partial charge in [-0.15, -0.1) is 12.4 Å². The predicted molar refractivity (Wildman–Crippen MR) is 79.0 cm³/mol. The van der Waals surface area contributed by atoms with Crippen molar-refractivity contribution < 1.29 is 23.8 Å². The van der Waals surface area contributed by atoms with Gasteiger partial charge >= 0.3 is 12.1 Å². The van der Waals surface area contributed by atoms with Crippen molar-refractivity contribution in [3.63, 3.8) is 0 Å². The van der Waals surface area contributed by atoms with Crippen LogP contribution in [0, 0.1) is 0 Å². The molecule has 0 saturated heterocycles. The number of ether oxygens (including phenoxy) is 3. The summed E-state index contributed by atoms with van der Waals surface area (Å²) in [5, 5.41) is 0. The zero-order chi connectivity index (χ0) is 15.0. The Morgan fingerprint density at radius 1 is 1.14 bits per heavy atom. The van der Waals surface area contributed by atoms with Gasteiger partial charge in [0.2, 0.25) is 6.79 Å². The molecule has 0 aliphatic rings. The van der Waals surface area contributed by atoms with E-state index in [4.69, 9.17) is 15.2 Å². The summed E-state index contributed by atoms with van der Waals surface area (Å²) in [6.45, 7) is 2.86. The molecule has 0 saturated carbocycles. The summed E-state index contributed by atoms with van der Waals surface area (Å²) in [5.41, 5.74) is 6.63. The van der Waals surface area contributed by atoms with E-state index in [9.17, 15) is 9.59 Å². The van der Waals surface area contributed by atoms with Gasteiger partial charge in [-0.2, -0.15) is 0 Å². The van der Waals surface area contributed by atoms with E-state index < -0.39 is 25.0 Å². The fraction of sp³-hybridized carbons (Fsp3) is 0.429. The van der Waals surface area contributed by atoms with Gasteiger partial charge in [-0.05, 0) is 25.8 Å². The number of benzene rings is 1. The van der Waals surface area contributed by atoms with Crippen molar-refractivity contribution in [3.8, 4) is 0 Å². The van der Waals surface area contributed by atoms with Crippen LogP contribution in [0.2, 0.25) is 0 Å². The van der Waals surface area contributed by atoms with E-state index in [1.807, 2.05) is 30.3 Å². The highest BCUT2D eigenvalue weighted by atomic mass is 35.5. The zero-order valence-electron chi connectivity index (χ0n) is 12.0. The molecule has 21 heavy (non-hydrogen) atoms. The monoisotopic (exact) mass is 317 g/mol. The molecule has 0 radical (unpaired) electrons. The van der Waals surface area contributed by atoms with Crippen molar-refractivity contribution in [1.29, 1.82) is 0 Å². The topological polar surface area (TPSA) is 87.9 Å². The van der Waals surface area contributed by atoms with Crippen molar-refractivity contribution in [2.45, 2.75) is 32.4 Å². The highest BCUT2D eigenvalue weighted by molar-refractivity contribution is 5.85. The molecule has 118 valence electrons. The third-order valence-corrected chi connectivity index (χ3v) is 2.31. The maximum Gasteiger partial charge on any atom is 0.511 e. The third-order valence-electron chi connectivity index (χ3n) is 2.31. The average molecular weight is 318 g/mol. The highest BCUT2D eigenvalue weighted by Gasteiger charge is 2.16. The summed E-state index contributed by atoms with van der Waals surface area (Å²) < 4.78 is 14.0. The summed E-state index contributed by atoms with van der Waals surface area (Å²) in [5.74, 6) is -0.633. The molecule has 1 rings (SSSR count). The van der Waals surface area contributed by atoms with Crippen LogP contribution in [0.15, 0.2) is 30.3 Å². The smallest absolute Gasteiger partial charge is 0.431 e. The van der Waals surface area contributed by atoms with Gasteiger partial charge in [0.25, 0.3) is 0 Å². The number of hydrogen-bond acceptors (Lipinski definition) is 6. The van der Waals surface area contributed by atoms with Crippen molar-refractivity contribution in [2.24, 2.45) is 5.73 Å². The van der Waals surface area contributed by atoms with E-state index in [1.54, 1.807) is 13.8 Å². The first-order valence-electron chi connectivity index (χ1n) is 6.28. The Balaban J connectivity index is 0.00000400. The molecule has 0 aliphatic carbocycles. The van der Waals surface area contributed by atoms with Crippen LogP contribution in [0.4, 0.5) is 4.79 Å². The molecule has 1 aromatic carbocycles. The molecule has 0 bridgehead atoms. The number of carbonyl (C=O) groups excluding carboxylic acids is 2. The van der Waals surface area contributed by atoms with Crippen LogP contribution in [0.25, 0.3) is 0 Å². The third kappa shape index (κ3) is 8.16. The van der Waals surface area contributed by atoms with Crippen molar-refractivity contribution in [3.05, 3.63) is 35.9 Å². The summed E-state index contributed by atoms with van der Waals surface area (Å²) in [4.78, 5) is 22.6. The lowest BCUT2D eigenvalue weighted by molar-refractivity contribution is -0.155. The minimum absolute atomic E-state index is 0. The summed E-state index contributed by atoms with van der Waals surface area (Å²) >= 11 is 0. The molecule has 0 aliphatic heterocycles. The van der Waals surface area contributed by atoms with Crippen LogP contribution < -0.4 is 5.73 Å². The maximum atomic E-state index is 11.6. The minimum atomic E-state index is -0.885. The van der Waals surface area contributed by atoms with Crippen molar-refractivity contribution in [1.82, 2.24) is 0 Å². The van der Waals surface area contributed by atoms with Crippen LogP contribution in [0.5, 0.6) is 0 Å². The van der Waals surface area contributed by atoms with Gasteiger partial charge < -0.3 is 19.9 Å². The Morgan fingerprint density at radius 3 is 2.33 bits per heavy atom. The van der Waals surface area contributed by atoms with Crippen LogP contribution >= 0.6 is 12.4 Å². The Bertz CT molecular complexity index is 438. The van der Waals surface area contributed by atoms with Gasteiger partial charge in [0.15, 0.2) is 0 Å². The van der Waals surface area contributed by atoms with Crippen LogP contribution in [0.1, 0.15) is 19.4 Å². The molecule has 1 atom stereocenters. The van der Waals surface area contributed by atoms with Gasteiger partial charge in [-0.25, -0.2) is 4.79 Å². The number of esters is 1. The van der Waals surface area contributed by atoms with Crippen molar-refractivity contribution >= 4 is 24.5 Å². The second-order valence-electron chi connectivity index (χ2n) is 4.44. The SMILES string of the molecule is CC(C)OC(=O)OCOC(=O)[C@@H](N)Cc1ccccc1.Cl. The first-order valence-corrected chi connectivity index (χ1v) is 6.28. The highest BCUT2D eigenvalue weighted by Crippen LogP contribution is 2.03. The Labute approximate surface area is 130 Å². The summed E-state index contributed by atoms with van der Waals surface area (Å²) in [6.07, 6.45) is -0.821. The van der Waals surface area contributed by atoms with Crippen LogP contribution in [-0.4, -0.2) is 31.1 Å². The molecule has 0 spiro atoms. The number of halogens is 1. The van der Waals surface area contributed by atoms with E-state index in [2.05, 4.69) is 4.74 Å². The predicted octanol–water partition coefficient (Wildman–Crippen LogP) is 2.04. The van der Waals surface area contributed by atoms with Gasteiger partial charge in [0.1, 0.15) is 6.04 Å². The normalized spacial score (nSPS) is 11.2. The van der Waals surface area contributed by atoms with E-state index in [-0.39, 0.29) is 18.5 Å². The Kier molecular flexibility index (Phi) is 9.16. The fourth-order valence-corrected chi connectivity index (χ4v) is 1.42. The molecule has 0 fully saturated rings. The lowest BCUT2D eigenvalue weighted by Crippen LogP contribution is -2.35. The Hall–Kier alpha value is -1.79. The molecule has 0 heterocycles. The van der Waals surface area contributed by atoms with Gasteiger partial charge in [-0.1, -0.05) is 30.3 Å². The standard InChI is InChI=1S/C14H19NO5.ClH/c1-10(2)20-14(17)19-9-18-13(16)12(15)8-11-6-4-3-5-7-11;/h3-7,10,12H,8-9,15H2,1-2H3;1H/t12-;/m0./s1. The molecule has 7 heteroatoms. The Morgan fingerprint density at radius 2 is 1.76 bits per heavy atom. The van der Waals surface area contributed by atoms with E-state index >= 15 is 0 Å². The van der Waals surface area contributed by atoms with E-state index in [1.165, 1.54) is 0 Å². The molecular formula is C14H20ClNO5. The van der Waals surface area contributed by atoms with Gasteiger partial charge in [0.05, 0.1) is 6.10 Å². The lowest BCUT2D eigenvalue weighted by Gasteiger charge is -2.12. The summed E-state index contributed by atoms with van der Waals surface area (Å²) in [6, 6.07) is 8.52. The minimum Gasteiger partial charge on any atom is -0.431 e. The second-order valence-corrected chi connectivity index (χ2v) is 4.44. The van der Waals surface area contributed by atoms with Crippen molar-refractivity contribution in [2.75, 3.05) is 6.79 Å².